The van der Waals surface area contributed by atoms with Crippen LogP contribution < -0.4 is 4.74 Å². The summed E-state index contributed by atoms with van der Waals surface area (Å²) in [5, 5.41) is 4.05. The molecule has 3 aromatic rings. The molecule has 0 aliphatic carbocycles. The van der Waals surface area contributed by atoms with Crippen molar-refractivity contribution in [1.29, 1.82) is 0 Å². The van der Waals surface area contributed by atoms with Crippen LogP contribution >= 0.6 is 0 Å². The highest BCUT2D eigenvalue weighted by Gasteiger charge is 2.28. The molecule has 1 aliphatic rings. The zero-order valence-corrected chi connectivity index (χ0v) is 19.9. The van der Waals surface area contributed by atoms with E-state index >= 15 is 0 Å². The number of ketones is 1. The number of hydrogen-bond donors (Lipinski definition) is 0. The predicted octanol–water partition coefficient (Wildman–Crippen LogP) is 2.59. The number of Topliss-reactive ketones (excluding diaryl/α,β-unsaturated/α-hetero) is 1. The first-order valence-corrected chi connectivity index (χ1v) is 11.3. The summed E-state index contributed by atoms with van der Waals surface area (Å²) in [4.78, 5) is 43.4. The number of nitrogens with zero attached hydrogens (tertiary/aromatic N) is 4. The summed E-state index contributed by atoms with van der Waals surface area (Å²) < 4.78 is 23.9. The summed E-state index contributed by atoms with van der Waals surface area (Å²) in [7, 11) is 4.39. The first kappa shape index (κ1) is 24.3. The van der Waals surface area contributed by atoms with Gasteiger partial charge in [0, 0.05) is 52.9 Å². The second-order valence-corrected chi connectivity index (χ2v) is 8.66. The number of benzene rings is 2. The van der Waals surface area contributed by atoms with Crippen LogP contribution in [0.25, 0.3) is 11.0 Å². The monoisotopic (exact) mass is 482 g/mol. The lowest BCUT2D eigenvalue weighted by molar-refractivity contribution is -0.124. The zero-order valence-electron chi connectivity index (χ0n) is 19.9. The molecule has 0 radical (unpaired) electrons. The number of ether oxygens (including phenoxy) is 1. The molecule has 4 rings (SSSR count). The van der Waals surface area contributed by atoms with E-state index in [1.54, 1.807) is 17.0 Å². The fraction of sp³-hybridized carbons (Fsp3) is 0.360. The molecule has 0 bridgehead atoms. The summed E-state index contributed by atoms with van der Waals surface area (Å²) in [6.45, 7) is 3.17. The van der Waals surface area contributed by atoms with E-state index in [1.807, 2.05) is 0 Å². The largest absolute Gasteiger partial charge is 0.496 e. The maximum atomic E-state index is 13.5. The highest BCUT2D eigenvalue weighted by Crippen LogP contribution is 2.30. The molecule has 1 aliphatic heterocycles. The quantitative estimate of drug-likeness (QED) is 0.394. The van der Waals surface area contributed by atoms with Gasteiger partial charge in [-0.25, -0.2) is 4.39 Å². The van der Waals surface area contributed by atoms with Crippen LogP contribution in [-0.4, -0.2) is 84.8 Å². The Hall–Kier alpha value is -3.79. The number of carbonyl (C=O) groups is 3. The predicted molar refractivity (Wildman–Crippen MR) is 126 cm³/mol. The van der Waals surface area contributed by atoms with Crippen LogP contribution in [0.3, 0.4) is 0 Å². The topological polar surface area (TPSA) is 96.2 Å². The number of fused-ring (bicyclic) bond motifs is 1. The van der Waals surface area contributed by atoms with E-state index in [9.17, 15) is 18.8 Å². The lowest BCUT2D eigenvalue weighted by Gasteiger charge is -2.23. The van der Waals surface area contributed by atoms with Crippen LogP contribution in [0.5, 0.6) is 5.75 Å². The van der Waals surface area contributed by atoms with Gasteiger partial charge in [-0.1, -0.05) is 17.3 Å². The molecule has 2 heterocycles. The number of methoxy groups -OCH3 is 1. The number of aromatic nitrogens is 1. The molecule has 2 amide bonds. The molecular weight excluding hydrogens is 455 g/mol. The van der Waals surface area contributed by atoms with E-state index in [1.165, 1.54) is 45.5 Å². The molecule has 2 aromatic carbocycles. The molecule has 0 N–H and O–H groups in total. The minimum Gasteiger partial charge on any atom is -0.496 e. The summed E-state index contributed by atoms with van der Waals surface area (Å²) in [5.41, 5.74) is 1.38. The molecular formula is C25H27FN4O5. The Morgan fingerprint density at radius 3 is 2.51 bits per heavy atom. The van der Waals surface area contributed by atoms with Crippen LogP contribution in [0.15, 0.2) is 40.9 Å². The molecule has 0 unspecified atom stereocenters. The van der Waals surface area contributed by atoms with E-state index in [-0.39, 0.29) is 34.0 Å². The second-order valence-electron chi connectivity index (χ2n) is 8.66. The number of amides is 2. The highest BCUT2D eigenvalue weighted by molar-refractivity contribution is 6.44. The first-order valence-electron chi connectivity index (χ1n) is 11.3. The van der Waals surface area contributed by atoms with Gasteiger partial charge in [-0.2, -0.15) is 0 Å². The normalized spacial score (nSPS) is 14.6. The Kier molecular flexibility index (Phi) is 7.11. The van der Waals surface area contributed by atoms with E-state index < -0.39 is 11.7 Å². The van der Waals surface area contributed by atoms with Crippen molar-refractivity contribution < 1.29 is 28.0 Å². The Balaban J connectivity index is 1.55. The minimum absolute atomic E-state index is 0.142. The van der Waals surface area contributed by atoms with Gasteiger partial charge in [-0.05, 0) is 30.2 Å². The molecule has 184 valence electrons. The molecule has 1 saturated heterocycles. The Morgan fingerprint density at radius 2 is 1.83 bits per heavy atom. The van der Waals surface area contributed by atoms with Gasteiger partial charge < -0.3 is 19.1 Å². The molecule has 10 heteroatoms. The van der Waals surface area contributed by atoms with Crippen LogP contribution in [0, 0.1) is 5.82 Å². The van der Waals surface area contributed by atoms with Crippen molar-refractivity contribution in [1.82, 2.24) is 19.9 Å². The van der Waals surface area contributed by atoms with Gasteiger partial charge in [0.2, 0.25) is 0 Å². The molecule has 35 heavy (non-hydrogen) atoms. The zero-order chi connectivity index (χ0) is 25.1. The SMILES string of the molecule is COc1cc2onc(C(=O)C(=O)N(C)C)c2cc1C(=O)N1CCCN(Cc2ccc(F)cc2)CC1. The van der Waals surface area contributed by atoms with E-state index in [4.69, 9.17) is 9.26 Å². The Labute approximate surface area is 202 Å². The first-order chi connectivity index (χ1) is 16.8. The molecule has 1 fully saturated rings. The van der Waals surface area contributed by atoms with Crippen molar-refractivity contribution in [3.8, 4) is 5.75 Å². The van der Waals surface area contributed by atoms with Crippen LogP contribution in [0.4, 0.5) is 4.39 Å². The van der Waals surface area contributed by atoms with Crippen LogP contribution in [0.1, 0.15) is 32.8 Å². The van der Waals surface area contributed by atoms with Crippen molar-refractivity contribution in [3.05, 3.63) is 59.0 Å². The summed E-state index contributed by atoms with van der Waals surface area (Å²) in [5.74, 6) is -1.77. The van der Waals surface area contributed by atoms with Crippen molar-refractivity contribution in [2.75, 3.05) is 47.4 Å². The molecule has 0 atom stereocenters. The second kappa shape index (κ2) is 10.2. The maximum Gasteiger partial charge on any atom is 0.296 e. The fourth-order valence-corrected chi connectivity index (χ4v) is 4.12. The average Bonchev–Trinajstić information content (AvgIpc) is 3.13. The number of halogens is 1. The lowest BCUT2D eigenvalue weighted by Crippen LogP contribution is -2.35. The number of hydrogen-bond acceptors (Lipinski definition) is 7. The van der Waals surface area contributed by atoms with Crippen molar-refractivity contribution >= 4 is 28.6 Å². The van der Waals surface area contributed by atoms with E-state index in [0.29, 0.717) is 31.9 Å². The van der Waals surface area contributed by atoms with Gasteiger partial charge in [0.15, 0.2) is 11.3 Å². The molecule has 0 saturated carbocycles. The third-order valence-corrected chi connectivity index (χ3v) is 6.03. The third kappa shape index (κ3) is 5.17. The van der Waals surface area contributed by atoms with E-state index in [0.717, 1.165) is 23.4 Å². The van der Waals surface area contributed by atoms with Crippen LogP contribution in [-0.2, 0) is 11.3 Å². The fourth-order valence-electron chi connectivity index (χ4n) is 4.12. The van der Waals surface area contributed by atoms with Crippen molar-refractivity contribution in [2.45, 2.75) is 13.0 Å². The molecule has 9 nitrogen and oxygen atoms in total. The number of likely N-dealkylation sites (N-methyl/N-ethyl adjacent to an activating group) is 1. The molecule has 1 aromatic heterocycles. The average molecular weight is 483 g/mol. The third-order valence-electron chi connectivity index (χ3n) is 6.03. The smallest absolute Gasteiger partial charge is 0.296 e. The Bertz CT molecular complexity index is 1250. The number of rotatable bonds is 6. The van der Waals surface area contributed by atoms with Crippen molar-refractivity contribution in [3.63, 3.8) is 0 Å². The maximum absolute atomic E-state index is 13.5. The van der Waals surface area contributed by atoms with Gasteiger partial charge in [-0.3, -0.25) is 19.3 Å². The van der Waals surface area contributed by atoms with Crippen molar-refractivity contribution in [2.24, 2.45) is 0 Å². The summed E-state index contributed by atoms with van der Waals surface area (Å²) in [6, 6.07) is 9.43. The summed E-state index contributed by atoms with van der Waals surface area (Å²) in [6.07, 6.45) is 0.770. The minimum atomic E-state index is -0.816. The van der Waals surface area contributed by atoms with Gasteiger partial charge in [0.05, 0.1) is 18.1 Å². The standard InChI is InChI=1S/C25H27FN4O5/c1-28(2)25(33)23(31)22-18-13-19(20(34-3)14-21(18)35-27-22)24(32)30-10-4-9-29(11-12-30)15-16-5-7-17(26)8-6-16/h5-8,13-14H,4,9-12,15H2,1-3H3. The number of carbonyl (C=O) groups excluding carboxylic acids is 3. The lowest BCUT2D eigenvalue weighted by atomic mass is 10.1. The highest BCUT2D eigenvalue weighted by atomic mass is 19.1. The van der Waals surface area contributed by atoms with Crippen LogP contribution in [0.2, 0.25) is 0 Å². The van der Waals surface area contributed by atoms with Gasteiger partial charge in [0.25, 0.3) is 17.6 Å². The van der Waals surface area contributed by atoms with Gasteiger partial charge in [0.1, 0.15) is 11.6 Å². The Morgan fingerprint density at radius 1 is 1.09 bits per heavy atom. The molecule has 0 spiro atoms. The van der Waals surface area contributed by atoms with Gasteiger partial charge >= 0.3 is 0 Å². The summed E-state index contributed by atoms with van der Waals surface area (Å²) >= 11 is 0. The van der Waals surface area contributed by atoms with Gasteiger partial charge in [-0.15, -0.1) is 0 Å². The van der Waals surface area contributed by atoms with E-state index in [2.05, 4.69) is 10.1 Å².